The summed E-state index contributed by atoms with van der Waals surface area (Å²) in [5, 5.41) is 13.2. The molecule has 2 heterocycles. The van der Waals surface area contributed by atoms with Crippen molar-refractivity contribution in [2.24, 2.45) is 5.92 Å². The molecule has 1 fully saturated rings. The molecule has 0 saturated heterocycles. The molecule has 1 N–H and O–H groups in total. The van der Waals surface area contributed by atoms with Gasteiger partial charge in [0.05, 0.1) is 5.69 Å². The van der Waals surface area contributed by atoms with E-state index in [0.29, 0.717) is 18.1 Å². The molecule has 2 aromatic rings. The molecule has 118 valence electrons. The van der Waals surface area contributed by atoms with Crippen molar-refractivity contribution in [3.63, 3.8) is 0 Å². The molecular formula is C13H14F3N5O. The molecule has 9 heteroatoms. The second-order valence-electron chi connectivity index (χ2n) is 5.38. The number of halogens is 3. The Hall–Kier alpha value is -2.03. The Morgan fingerprint density at radius 2 is 2.00 bits per heavy atom. The zero-order valence-corrected chi connectivity index (χ0v) is 12.0. The lowest BCUT2D eigenvalue weighted by Crippen LogP contribution is -2.16. The smallest absolute Gasteiger partial charge is 0.396 e. The molecular weight excluding hydrogens is 299 g/mol. The molecule has 1 aliphatic rings. The number of aliphatic hydroxyl groups is 1. The number of aliphatic hydroxyl groups excluding tert-OH is 1. The van der Waals surface area contributed by atoms with Crippen molar-refractivity contribution in [1.29, 1.82) is 0 Å². The molecule has 0 aromatic carbocycles. The lowest BCUT2D eigenvalue weighted by molar-refractivity contribution is -0.145. The summed E-state index contributed by atoms with van der Waals surface area (Å²) in [7, 11) is 0. The third kappa shape index (κ3) is 2.68. The fraction of sp³-hybridized carbons (Fsp3) is 0.538. The van der Waals surface area contributed by atoms with Gasteiger partial charge in [-0.15, -0.1) is 5.10 Å². The van der Waals surface area contributed by atoms with E-state index in [1.54, 1.807) is 13.8 Å². The van der Waals surface area contributed by atoms with Crippen LogP contribution < -0.4 is 0 Å². The predicted octanol–water partition coefficient (Wildman–Crippen LogP) is 1.79. The summed E-state index contributed by atoms with van der Waals surface area (Å²) in [6.07, 6.45) is -4.02. The van der Waals surface area contributed by atoms with Crippen molar-refractivity contribution in [2.45, 2.75) is 32.4 Å². The van der Waals surface area contributed by atoms with Crippen LogP contribution in [0.2, 0.25) is 0 Å². The third-order valence-electron chi connectivity index (χ3n) is 3.61. The van der Waals surface area contributed by atoms with Crippen LogP contribution >= 0.6 is 0 Å². The molecule has 0 bridgehead atoms. The summed E-state index contributed by atoms with van der Waals surface area (Å²) in [5.41, 5.74) is 0.281. The molecule has 2 atom stereocenters. The Morgan fingerprint density at radius 1 is 1.27 bits per heavy atom. The molecule has 2 aromatic heterocycles. The fourth-order valence-electron chi connectivity index (χ4n) is 2.43. The third-order valence-corrected chi connectivity index (χ3v) is 3.61. The Morgan fingerprint density at radius 3 is 2.50 bits per heavy atom. The molecule has 0 radical (unpaired) electrons. The number of hydrogen-bond donors (Lipinski definition) is 1. The van der Waals surface area contributed by atoms with Crippen molar-refractivity contribution in [1.82, 2.24) is 24.7 Å². The summed E-state index contributed by atoms with van der Waals surface area (Å²) in [4.78, 5) is 11.3. The van der Waals surface area contributed by atoms with Gasteiger partial charge in [-0.1, -0.05) is 0 Å². The molecule has 1 unspecified atom stereocenters. The van der Waals surface area contributed by atoms with Crippen LogP contribution in [0.3, 0.4) is 0 Å². The lowest BCUT2D eigenvalue weighted by atomic mass is 10.2. The quantitative estimate of drug-likeness (QED) is 0.935. The first-order chi connectivity index (χ1) is 10.3. The average molecular weight is 313 g/mol. The minimum absolute atomic E-state index is 0.0394. The zero-order chi connectivity index (χ0) is 16.1. The Bertz CT molecular complexity index is 712. The van der Waals surface area contributed by atoms with Crippen LogP contribution in [0.4, 0.5) is 13.2 Å². The number of rotatable bonds is 3. The van der Waals surface area contributed by atoms with Crippen molar-refractivity contribution in [3.8, 4) is 5.82 Å². The standard InChI is InChI=1S/C13H14F3N5O/c1-6-17-7(2)21(20-6)11-4-10(9-3-8(9)5-22)18-12(19-11)13(14,15)16/h4,8-9,22H,3,5H2,1-2H3/t8?,9-/m0/s1. The minimum atomic E-state index is -4.64. The van der Waals surface area contributed by atoms with Gasteiger partial charge in [-0.25, -0.2) is 15.0 Å². The zero-order valence-electron chi connectivity index (χ0n) is 12.0. The topological polar surface area (TPSA) is 76.7 Å². The first-order valence-corrected chi connectivity index (χ1v) is 6.77. The van der Waals surface area contributed by atoms with Gasteiger partial charge in [-0.2, -0.15) is 17.9 Å². The highest BCUT2D eigenvalue weighted by Crippen LogP contribution is 2.46. The van der Waals surface area contributed by atoms with Gasteiger partial charge in [0.25, 0.3) is 0 Å². The summed E-state index contributed by atoms with van der Waals surface area (Å²) in [6.45, 7) is 3.23. The van der Waals surface area contributed by atoms with Crippen LogP contribution in [0.1, 0.15) is 35.5 Å². The molecule has 0 spiro atoms. The normalized spacial score (nSPS) is 21.2. The van der Waals surface area contributed by atoms with E-state index in [-0.39, 0.29) is 30.0 Å². The molecule has 1 aliphatic carbocycles. The summed E-state index contributed by atoms with van der Waals surface area (Å²) in [5.74, 6) is -0.467. The van der Waals surface area contributed by atoms with Crippen LogP contribution in [0.15, 0.2) is 6.07 Å². The Labute approximate surface area is 124 Å². The lowest BCUT2D eigenvalue weighted by Gasteiger charge is -2.10. The van der Waals surface area contributed by atoms with E-state index in [0.717, 1.165) is 0 Å². The average Bonchev–Trinajstić information content (AvgIpc) is 3.15. The SMILES string of the molecule is Cc1nc(C)n(-c2cc([C@H]3CC3CO)nc(C(F)(F)F)n2)n1. The number of alkyl halides is 3. The van der Waals surface area contributed by atoms with Crippen molar-refractivity contribution in [2.75, 3.05) is 6.61 Å². The fourth-order valence-corrected chi connectivity index (χ4v) is 2.43. The largest absolute Gasteiger partial charge is 0.451 e. The number of hydrogen-bond acceptors (Lipinski definition) is 5. The van der Waals surface area contributed by atoms with E-state index in [9.17, 15) is 13.2 Å². The molecule has 0 aliphatic heterocycles. The number of aryl methyl sites for hydroxylation is 2. The maximum Gasteiger partial charge on any atom is 0.451 e. The van der Waals surface area contributed by atoms with E-state index in [1.807, 2.05) is 0 Å². The minimum Gasteiger partial charge on any atom is -0.396 e. The first-order valence-electron chi connectivity index (χ1n) is 6.77. The van der Waals surface area contributed by atoms with Crippen LogP contribution in [0.25, 0.3) is 5.82 Å². The first kappa shape index (κ1) is 14.9. The highest BCUT2D eigenvalue weighted by molar-refractivity contribution is 5.30. The summed E-state index contributed by atoms with van der Waals surface area (Å²) >= 11 is 0. The molecule has 22 heavy (non-hydrogen) atoms. The van der Waals surface area contributed by atoms with Crippen molar-refractivity contribution >= 4 is 0 Å². The van der Waals surface area contributed by atoms with Gasteiger partial charge in [-0.05, 0) is 26.2 Å². The van der Waals surface area contributed by atoms with Gasteiger partial charge >= 0.3 is 6.18 Å². The summed E-state index contributed by atoms with van der Waals surface area (Å²) < 4.78 is 40.3. The summed E-state index contributed by atoms with van der Waals surface area (Å²) in [6, 6.07) is 1.48. The van der Waals surface area contributed by atoms with E-state index in [2.05, 4.69) is 20.1 Å². The van der Waals surface area contributed by atoms with Crippen molar-refractivity contribution in [3.05, 3.63) is 29.2 Å². The van der Waals surface area contributed by atoms with E-state index < -0.39 is 12.0 Å². The highest BCUT2D eigenvalue weighted by atomic mass is 19.4. The van der Waals surface area contributed by atoms with Crippen LogP contribution in [0, 0.1) is 19.8 Å². The monoisotopic (exact) mass is 313 g/mol. The maximum atomic E-state index is 13.0. The van der Waals surface area contributed by atoms with E-state index in [4.69, 9.17) is 5.11 Å². The number of aromatic nitrogens is 5. The van der Waals surface area contributed by atoms with E-state index in [1.165, 1.54) is 10.7 Å². The Balaban J connectivity index is 2.10. The van der Waals surface area contributed by atoms with Gasteiger partial charge in [0, 0.05) is 18.6 Å². The molecule has 0 amide bonds. The van der Waals surface area contributed by atoms with Gasteiger partial charge < -0.3 is 5.11 Å². The second kappa shape index (κ2) is 5.01. The number of nitrogens with zero attached hydrogens (tertiary/aromatic N) is 5. The van der Waals surface area contributed by atoms with Crippen LogP contribution in [-0.4, -0.2) is 36.4 Å². The highest BCUT2D eigenvalue weighted by Gasteiger charge is 2.42. The van der Waals surface area contributed by atoms with Crippen molar-refractivity contribution < 1.29 is 18.3 Å². The van der Waals surface area contributed by atoms with E-state index >= 15 is 0 Å². The molecule has 1 saturated carbocycles. The molecule has 3 rings (SSSR count). The Kier molecular flexibility index (Phi) is 3.39. The van der Waals surface area contributed by atoms with Gasteiger partial charge in [-0.3, -0.25) is 0 Å². The molecule has 6 nitrogen and oxygen atoms in total. The van der Waals surface area contributed by atoms with Gasteiger partial charge in [0.1, 0.15) is 11.6 Å². The van der Waals surface area contributed by atoms with Crippen LogP contribution in [0.5, 0.6) is 0 Å². The maximum absolute atomic E-state index is 13.0. The predicted molar refractivity (Wildman–Crippen MR) is 69.4 cm³/mol. The second-order valence-corrected chi connectivity index (χ2v) is 5.38. The van der Waals surface area contributed by atoms with Gasteiger partial charge in [0.2, 0.25) is 5.82 Å². The van der Waals surface area contributed by atoms with Crippen LogP contribution in [-0.2, 0) is 6.18 Å². The van der Waals surface area contributed by atoms with Gasteiger partial charge in [0.15, 0.2) is 5.82 Å².